The van der Waals surface area contributed by atoms with Crippen molar-refractivity contribution in [3.8, 4) is 28.4 Å². The summed E-state index contributed by atoms with van der Waals surface area (Å²) in [4.78, 5) is 0. The van der Waals surface area contributed by atoms with Crippen LogP contribution in [0.1, 0.15) is 96.5 Å². The first-order valence-electron chi connectivity index (χ1n) is 13.6. The molecule has 0 unspecified atom stereocenters. The van der Waals surface area contributed by atoms with Crippen LogP contribution in [0.3, 0.4) is 0 Å². The summed E-state index contributed by atoms with van der Waals surface area (Å²) in [5.74, 6) is 2.23. The summed E-state index contributed by atoms with van der Waals surface area (Å²) < 4.78 is 17.8. The summed E-state index contributed by atoms with van der Waals surface area (Å²) >= 11 is 0. The lowest BCUT2D eigenvalue weighted by Crippen LogP contribution is -2.02. The van der Waals surface area contributed by atoms with Gasteiger partial charge < -0.3 is 14.2 Å². The molecule has 0 aliphatic carbocycles. The second kappa shape index (κ2) is 17.0. The van der Waals surface area contributed by atoms with Crippen LogP contribution >= 0.6 is 0 Å². The van der Waals surface area contributed by atoms with Crippen LogP contribution in [0.15, 0.2) is 35.4 Å². The van der Waals surface area contributed by atoms with Crippen molar-refractivity contribution in [3.05, 3.63) is 35.9 Å². The molecule has 0 aliphatic rings. The smallest absolute Gasteiger partial charge is 0.147 e. The van der Waals surface area contributed by atoms with Crippen molar-refractivity contribution in [2.75, 3.05) is 20.3 Å². The van der Waals surface area contributed by atoms with Crippen LogP contribution in [0.2, 0.25) is 0 Å². The molecule has 0 bridgehead atoms. The minimum Gasteiger partial charge on any atom is -0.497 e. The maximum absolute atomic E-state index is 7.72. The molecule has 0 saturated carbocycles. The fraction of sp³-hybridized carbons (Fsp3) is 0.600. The molecule has 2 aromatic carbocycles. The summed E-state index contributed by atoms with van der Waals surface area (Å²) in [6.07, 6.45) is 14.6. The van der Waals surface area contributed by atoms with Crippen molar-refractivity contribution >= 4 is 5.69 Å². The van der Waals surface area contributed by atoms with E-state index in [-0.39, 0.29) is 0 Å². The summed E-state index contributed by atoms with van der Waals surface area (Å²) in [6, 6.07) is 9.93. The lowest BCUT2D eigenvalue weighted by atomic mass is 9.98. The molecule has 0 fully saturated rings. The molecule has 0 saturated heterocycles. The third-order valence-corrected chi connectivity index (χ3v) is 6.42. The minimum atomic E-state index is 0.517. The number of unbranched alkanes of at least 4 members (excludes halogenated alkanes) is 10. The molecule has 2 aromatic rings. The van der Waals surface area contributed by atoms with Gasteiger partial charge >= 0.3 is 0 Å². The molecule has 0 amide bonds. The number of aryl methyl sites for hydroxylation is 1. The van der Waals surface area contributed by atoms with Gasteiger partial charge in [-0.15, -0.1) is 0 Å². The van der Waals surface area contributed by atoms with Gasteiger partial charge in [0.2, 0.25) is 0 Å². The number of nitrogens with one attached hydrogen (secondary N) is 1. The first-order chi connectivity index (χ1) is 17.1. The molecule has 0 heterocycles. The standard InChI is InChI=1S/C30H46N2O3/c1-5-7-9-11-13-15-19-34-29-23-28(32-31)30(35-20-16-14-12-10-8-6-2)22-27(29)26-18-17-25(33-4)21-24(26)3/h17-18,21-23,31H,5-16,19-20H2,1-4H3. The minimum absolute atomic E-state index is 0.517. The van der Waals surface area contributed by atoms with Gasteiger partial charge in [-0.3, -0.25) is 0 Å². The Labute approximate surface area is 213 Å². The molecule has 5 nitrogen and oxygen atoms in total. The normalized spacial score (nSPS) is 10.9. The molecule has 0 radical (unpaired) electrons. The number of hydrogen-bond donors (Lipinski definition) is 1. The maximum Gasteiger partial charge on any atom is 0.147 e. The predicted octanol–water partition coefficient (Wildman–Crippen LogP) is 9.81. The summed E-state index contributed by atoms with van der Waals surface area (Å²) in [5, 5.41) is 3.76. The molecule has 35 heavy (non-hydrogen) atoms. The highest BCUT2D eigenvalue weighted by molar-refractivity contribution is 5.78. The van der Waals surface area contributed by atoms with Gasteiger partial charge in [0.25, 0.3) is 0 Å². The highest BCUT2D eigenvalue weighted by Gasteiger charge is 2.16. The molecule has 2 rings (SSSR count). The number of nitrogens with zero attached hydrogens (tertiary/aromatic N) is 1. The van der Waals surface area contributed by atoms with Crippen LogP contribution in [-0.2, 0) is 0 Å². The summed E-state index contributed by atoms with van der Waals surface area (Å²) in [5.41, 5.74) is 11.4. The Morgan fingerprint density at radius 1 is 0.686 bits per heavy atom. The summed E-state index contributed by atoms with van der Waals surface area (Å²) in [7, 11) is 1.68. The van der Waals surface area contributed by atoms with E-state index in [9.17, 15) is 0 Å². The Kier molecular flexibility index (Phi) is 13.9. The van der Waals surface area contributed by atoms with E-state index in [2.05, 4.69) is 32.0 Å². The van der Waals surface area contributed by atoms with E-state index in [1.54, 1.807) is 7.11 Å². The van der Waals surface area contributed by atoms with E-state index in [0.717, 1.165) is 47.5 Å². The van der Waals surface area contributed by atoms with E-state index >= 15 is 0 Å². The SMILES string of the molecule is CCCCCCCCOc1cc(-c2ccc(OC)cc2C)c(OCCCCCCCC)cc1N=N. The number of hydrogen-bond acceptors (Lipinski definition) is 5. The molecule has 0 spiro atoms. The zero-order chi connectivity index (χ0) is 25.3. The number of benzene rings is 2. The van der Waals surface area contributed by atoms with Gasteiger partial charge in [-0.2, -0.15) is 5.11 Å². The molecule has 194 valence electrons. The highest BCUT2D eigenvalue weighted by Crippen LogP contribution is 2.42. The molecule has 5 heteroatoms. The topological polar surface area (TPSA) is 63.9 Å². The molecule has 1 N–H and O–H groups in total. The van der Waals surface area contributed by atoms with Crippen LogP contribution in [0.5, 0.6) is 17.2 Å². The fourth-order valence-electron chi connectivity index (χ4n) is 4.28. The van der Waals surface area contributed by atoms with Gasteiger partial charge in [-0.1, -0.05) is 84.1 Å². The Bertz CT molecular complexity index is 882. The molecule has 0 atom stereocenters. The van der Waals surface area contributed by atoms with Crippen molar-refractivity contribution in [2.24, 2.45) is 5.11 Å². The first kappa shape index (κ1) is 28.7. The zero-order valence-electron chi connectivity index (χ0n) is 22.5. The van der Waals surface area contributed by atoms with E-state index in [1.165, 1.54) is 57.8 Å². The molecule has 0 aliphatic heterocycles. The molecule has 0 aromatic heterocycles. The average Bonchev–Trinajstić information content (AvgIpc) is 2.87. The van der Waals surface area contributed by atoms with Gasteiger partial charge in [0.15, 0.2) is 0 Å². The lowest BCUT2D eigenvalue weighted by Gasteiger charge is -2.17. The van der Waals surface area contributed by atoms with Crippen molar-refractivity contribution in [2.45, 2.75) is 97.8 Å². The Morgan fingerprint density at radius 3 is 1.80 bits per heavy atom. The van der Waals surface area contributed by atoms with E-state index in [4.69, 9.17) is 19.7 Å². The average molecular weight is 483 g/mol. The fourth-order valence-corrected chi connectivity index (χ4v) is 4.28. The maximum atomic E-state index is 7.72. The van der Waals surface area contributed by atoms with Crippen molar-refractivity contribution in [3.63, 3.8) is 0 Å². The number of rotatable bonds is 19. The Balaban J connectivity index is 2.16. The first-order valence-corrected chi connectivity index (χ1v) is 13.6. The van der Waals surface area contributed by atoms with Crippen molar-refractivity contribution in [1.29, 1.82) is 5.53 Å². The van der Waals surface area contributed by atoms with Gasteiger partial charge in [-0.05, 0) is 49.1 Å². The van der Waals surface area contributed by atoms with Gasteiger partial charge in [0.1, 0.15) is 22.9 Å². The molecular weight excluding hydrogens is 436 g/mol. The van der Waals surface area contributed by atoms with Gasteiger partial charge in [-0.25, -0.2) is 5.53 Å². The van der Waals surface area contributed by atoms with Crippen molar-refractivity contribution < 1.29 is 14.2 Å². The third kappa shape index (κ3) is 9.91. The monoisotopic (exact) mass is 482 g/mol. The number of ether oxygens (including phenoxy) is 3. The second-order valence-corrected chi connectivity index (χ2v) is 9.34. The van der Waals surface area contributed by atoms with Crippen molar-refractivity contribution in [1.82, 2.24) is 0 Å². The zero-order valence-corrected chi connectivity index (χ0v) is 22.5. The van der Waals surface area contributed by atoms with E-state index in [1.807, 2.05) is 24.3 Å². The second-order valence-electron chi connectivity index (χ2n) is 9.34. The third-order valence-electron chi connectivity index (χ3n) is 6.42. The Hall–Kier alpha value is -2.56. The Morgan fingerprint density at radius 2 is 1.26 bits per heavy atom. The van der Waals surface area contributed by atoms with Gasteiger partial charge in [0, 0.05) is 11.6 Å². The lowest BCUT2D eigenvalue weighted by molar-refractivity contribution is 0.298. The predicted molar refractivity (Wildman–Crippen MR) is 146 cm³/mol. The van der Waals surface area contributed by atoms with Crippen LogP contribution in [0.4, 0.5) is 5.69 Å². The van der Waals surface area contributed by atoms with Gasteiger partial charge in [0.05, 0.1) is 20.3 Å². The quantitative estimate of drug-likeness (QED) is 0.160. The largest absolute Gasteiger partial charge is 0.497 e. The van der Waals surface area contributed by atoms with Crippen LogP contribution in [-0.4, -0.2) is 20.3 Å². The van der Waals surface area contributed by atoms with Crippen LogP contribution in [0, 0.1) is 12.5 Å². The van der Waals surface area contributed by atoms with E-state index in [0.29, 0.717) is 24.7 Å². The van der Waals surface area contributed by atoms with Crippen LogP contribution < -0.4 is 14.2 Å². The van der Waals surface area contributed by atoms with E-state index < -0.39 is 0 Å². The highest BCUT2D eigenvalue weighted by atomic mass is 16.5. The number of methoxy groups -OCH3 is 1. The summed E-state index contributed by atoms with van der Waals surface area (Å²) in [6.45, 7) is 7.84. The molecular formula is C30H46N2O3. The van der Waals surface area contributed by atoms with Crippen LogP contribution in [0.25, 0.3) is 11.1 Å².